The van der Waals surface area contributed by atoms with E-state index in [1.54, 1.807) is 0 Å². The van der Waals surface area contributed by atoms with Crippen LogP contribution in [-0.2, 0) is 4.57 Å². The van der Waals surface area contributed by atoms with Crippen molar-refractivity contribution in [2.75, 3.05) is 0 Å². The molecule has 0 aromatic rings. The molecule has 0 aromatic carbocycles. The molecule has 0 aliphatic heterocycles. The Morgan fingerprint density at radius 3 is 1.11 bits per heavy atom. The van der Waals surface area contributed by atoms with Gasteiger partial charge in [-0.2, -0.15) is 0 Å². The molecule has 0 rings (SSSR count). The summed E-state index contributed by atoms with van der Waals surface area (Å²) in [5.74, 6) is 0. The smallest absolute Gasteiger partial charge is 0.0149 e. The van der Waals surface area contributed by atoms with E-state index in [1.165, 1.54) is 0 Å². The molecule has 56 valence electrons. The third-order valence-corrected chi connectivity index (χ3v) is 0. The Kier molecular flexibility index (Phi) is 43.2. The van der Waals surface area contributed by atoms with E-state index in [9.17, 15) is 0 Å². The van der Waals surface area contributed by atoms with Crippen molar-refractivity contribution in [1.82, 2.24) is 0 Å². The Morgan fingerprint density at radius 1 is 1.11 bits per heavy atom. The predicted molar refractivity (Wildman–Crippen MR) is 49.9 cm³/mol. The second-order valence-electron chi connectivity index (χ2n) is 0.513. The van der Waals surface area contributed by atoms with Crippen LogP contribution in [0.3, 0.4) is 0 Å². The van der Waals surface area contributed by atoms with E-state index in [4.69, 9.17) is 19.2 Å². The van der Waals surface area contributed by atoms with E-state index >= 15 is 0 Å². The molecule has 0 spiro atoms. The second-order valence-corrected chi connectivity index (χ2v) is 1.54. The summed E-state index contributed by atoms with van der Waals surface area (Å²) in [5.41, 5.74) is 0. The maximum Gasteiger partial charge on any atom is -0.0149 e. The first-order valence-corrected chi connectivity index (χ1v) is 2.35. The van der Waals surface area contributed by atoms with Crippen molar-refractivity contribution in [3.8, 4) is 0 Å². The van der Waals surface area contributed by atoms with E-state index in [2.05, 4.69) is 0 Å². The minimum absolute atomic E-state index is 0. The van der Waals surface area contributed by atoms with Crippen molar-refractivity contribution >= 4 is 78.1 Å². The molecule has 0 aromatic heterocycles. The summed E-state index contributed by atoms with van der Waals surface area (Å²) < 4.78 is 8.88. The number of hydrogen-bond donors (Lipinski definition) is 3. The maximum absolute atomic E-state index is 8.88. The normalized spacial score (nSPS) is 6.56. The molecule has 0 atom stereocenters. The van der Waals surface area contributed by atoms with Crippen LogP contribution in [0.2, 0.25) is 0 Å². The third-order valence-electron chi connectivity index (χ3n) is 0. The van der Waals surface area contributed by atoms with Crippen molar-refractivity contribution in [2.24, 2.45) is 0 Å². The standard InChI is InChI=1S/Al.ClH.Na.H3O4P.H4Si.4H/c;;;1-5(2,3)4;;;;;/h;1H;;(H3,1,2,3,4);1H4;;;;. The van der Waals surface area contributed by atoms with E-state index in [1.807, 2.05) is 0 Å². The number of hydrogen-bond acceptors (Lipinski definition) is 1. The molecule has 9 heteroatoms. The molecule has 0 heterocycles. The molecular weight excluding hydrogens is 208 g/mol. The minimum atomic E-state index is -4.64. The van der Waals surface area contributed by atoms with E-state index < -0.39 is 7.82 Å². The summed E-state index contributed by atoms with van der Waals surface area (Å²) in [5, 5.41) is 0. The van der Waals surface area contributed by atoms with Crippen LogP contribution in [0.5, 0.6) is 0 Å². The molecule has 0 fully saturated rings. The van der Waals surface area contributed by atoms with Gasteiger partial charge in [-0.25, -0.2) is 4.57 Å². The van der Waals surface area contributed by atoms with E-state index in [-0.39, 0.29) is 70.3 Å². The van der Waals surface area contributed by atoms with Gasteiger partial charge in [0.25, 0.3) is 0 Å². The molecule has 4 nitrogen and oxygen atoms in total. The Balaban J connectivity index is -0.0000000133. The number of rotatable bonds is 0. The molecule has 0 saturated carbocycles. The quantitative estimate of drug-likeness (QED) is 0.289. The summed E-state index contributed by atoms with van der Waals surface area (Å²) in [6.45, 7) is 0. The fourth-order valence-electron chi connectivity index (χ4n) is 0. The van der Waals surface area contributed by atoms with Gasteiger partial charge in [-0.05, 0) is 11.0 Å². The molecule has 9 heavy (non-hydrogen) atoms. The Hall–Kier alpha value is 2.15. The zero-order chi connectivity index (χ0) is 4.50. The zero-order valence-electron chi connectivity index (χ0n) is 2.61. The molecule has 0 aliphatic rings. The van der Waals surface area contributed by atoms with Gasteiger partial charge in [0.05, 0.1) is 0 Å². The van der Waals surface area contributed by atoms with Gasteiger partial charge < -0.3 is 14.7 Å². The van der Waals surface area contributed by atoms with Gasteiger partial charge in [0.2, 0.25) is 0 Å². The molecule has 0 amide bonds. The molecule has 0 unspecified atom stereocenters. The van der Waals surface area contributed by atoms with Crippen LogP contribution in [0.1, 0.15) is 0 Å². The summed E-state index contributed by atoms with van der Waals surface area (Å²) in [4.78, 5) is 21.6. The SMILES string of the molecule is Cl.O=P(O)(O)O.[AlH3].[NaH].[SiH4]. The Bertz CT molecular complexity index is 66.7. The second kappa shape index (κ2) is 12.8. The fraction of sp³-hybridized carbons (Fsp3) is 0. The third kappa shape index (κ3) is 146. The topological polar surface area (TPSA) is 77.8 Å². The van der Waals surface area contributed by atoms with Crippen LogP contribution in [0.4, 0.5) is 0 Å². The average molecular weight is 221 g/mol. The van der Waals surface area contributed by atoms with Crippen LogP contribution >= 0.6 is 20.2 Å². The molecule has 0 radical (unpaired) electrons. The van der Waals surface area contributed by atoms with Gasteiger partial charge in [-0.15, -0.1) is 12.4 Å². The maximum atomic E-state index is 8.88. The largest absolute Gasteiger partial charge is 0.0149 e. The van der Waals surface area contributed by atoms with Crippen LogP contribution in [0.15, 0.2) is 0 Å². The fourth-order valence-corrected chi connectivity index (χ4v) is 0. The first-order valence-electron chi connectivity index (χ1n) is 0.783. The van der Waals surface area contributed by atoms with E-state index in [0.717, 1.165) is 0 Å². The van der Waals surface area contributed by atoms with Crippen molar-refractivity contribution < 1.29 is 19.2 Å². The van der Waals surface area contributed by atoms with Gasteiger partial charge in [0, 0.05) is 0 Å². The van der Waals surface area contributed by atoms with Crippen molar-refractivity contribution in [3.63, 3.8) is 0 Å². The van der Waals surface area contributed by atoms with Crippen LogP contribution in [0, 0.1) is 0 Å². The summed E-state index contributed by atoms with van der Waals surface area (Å²) in [6.07, 6.45) is 0. The summed E-state index contributed by atoms with van der Waals surface area (Å²) >= 11 is 0. The first kappa shape index (κ1) is 30.4. The molecule has 0 bridgehead atoms. The van der Waals surface area contributed by atoms with E-state index in [0.29, 0.717) is 0 Å². The van der Waals surface area contributed by atoms with Gasteiger partial charge in [0.15, 0.2) is 17.4 Å². The van der Waals surface area contributed by atoms with Gasteiger partial charge in [0.1, 0.15) is 0 Å². The molecule has 0 saturated heterocycles. The van der Waals surface area contributed by atoms with Gasteiger partial charge in [-0.1, -0.05) is 0 Å². The number of phosphoric acid groups is 1. The first-order chi connectivity index (χ1) is 2.00. The van der Waals surface area contributed by atoms with Crippen LogP contribution in [0.25, 0.3) is 0 Å². The molecule has 3 N–H and O–H groups in total. The Morgan fingerprint density at radius 2 is 1.11 bits per heavy atom. The van der Waals surface area contributed by atoms with Crippen LogP contribution in [-0.4, -0.2) is 72.6 Å². The summed E-state index contributed by atoms with van der Waals surface area (Å²) in [6, 6.07) is 0. The monoisotopic (exact) mass is 220 g/mol. The van der Waals surface area contributed by atoms with Crippen molar-refractivity contribution in [2.45, 2.75) is 0 Å². The predicted octanol–water partition coefficient (Wildman–Crippen LogP) is -3.79. The zero-order valence-corrected chi connectivity index (χ0v) is 4.32. The average Bonchev–Trinajstić information content (AvgIpc) is 0.722. The Labute approximate surface area is 96.5 Å². The molecular formula is H12AlClNaO4PSi. The van der Waals surface area contributed by atoms with Gasteiger partial charge >= 0.3 is 37.4 Å². The number of halogens is 1. The van der Waals surface area contributed by atoms with Gasteiger partial charge in [-0.3, -0.25) is 0 Å². The van der Waals surface area contributed by atoms with Crippen molar-refractivity contribution in [3.05, 3.63) is 0 Å². The van der Waals surface area contributed by atoms with Crippen molar-refractivity contribution in [1.29, 1.82) is 0 Å². The molecule has 0 aliphatic carbocycles. The van der Waals surface area contributed by atoms with Crippen LogP contribution < -0.4 is 0 Å². The minimum Gasteiger partial charge on any atom is -0.0149 e. The summed E-state index contributed by atoms with van der Waals surface area (Å²) in [7, 11) is -4.64.